The van der Waals surface area contributed by atoms with Crippen molar-refractivity contribution < 1.29 is 18.0 Å². The number of halogens is 1. The topological polar surface area (TPSA) is 110 Å². The van der Waals surface area contributed by atoms with Gasteiger partial charge in [0.15, 0.2) is 0 Å². The molecule has 7 nitrogen and oxygen atoms in total. The molecule has 0 aromatic heterocycles. The van der Waals surface area contributed by atoms with Crippen molar-refractivity contribution in [3.05, 3.63) is 64.7 Å². The van der Waals surface area contributed by atoms with Crippen LogP contribution in [0.2, 0.25) is 5.02 Å². The number of nitrogens with two attached hydrogens (primary N) is 1. The number of nitrogens with one attached hydrogen (secondary N) is 1. The van der Waals surface area contributed by atoms with E-state index in [1.807, 2.05) is 18.2 Å². The van der Waals surface area contributed by atoms with E-state index in [1.54, 1.807) is 23.1 Å². The summed E-state index contributed by atoms with van der Waals surface area (Å²) in [5.74, 6) is -0.625. The summed E-state index contributed by atoms with van der Waals surface area (Å²) in [7, 11) is -3.72. The minimum Gasteiger partial charge on any atom is -0.355 e. The molecule has 0 aliphatic carbocycles. The Morgan fingerprint density at radius 3 is 2.52 bits per heavy atom. The van der Waals surface area contributed by atoms with E-state index in [0.717, 1.165) is 11.1 Å². The first-order valence-electron chi connectivity index (χ1n) is 9.14. The lowest BCUT2D eigenvalue weighted by Gasteiger charge is -2.17. The van der Waals surface area contributed by atoms with E-state index in [1.165, 1.54) is 12.1 Å². The summed E-state index contributed by atoms with van der Waals surface area (Å²) in [6, 6.07) is 13.5. The fraction of sp³-hybridized carbons (Fsp3) is 0.300. The molecule has 2 aromatic rings. The number of sulfonamides is 1. The van der Waals surface area contributed by atoms with Crippen LogP contribution >= 0.6 is 11.6 Å². The standard InChI is InChI=1S/C20H22ClN3O4S/c21-18-4-2-1-3-15(18)12-24-13-16(11-19(24)25)20(26)23-10-9-14-5-7-17(8-6-14)29(22,27)28/h1-8,16H,9-13H2,(H,23,26)(H2,22,27,28)/t16-/m0/s1. The van der Waals surface area contributed by atoms with Gasteiger partial charge in [-0.2, -0.15) is 0 Å². The Bertz CT molecular complexity index is 1010. The van der Waals surface area contributed by atoms with Gasteiger partial charge in [0, 0.05) is 31.1 Å². The molecule has 1 aliphatic rings. The Balaban J connectivity index is 1.49. The number of nitrogens with zero attached hydrogens (tertiary/aromatic N) is 1. The van der Waals surface area contributed by atoms with Crippen LogP contribution in [0.3, 0.4) is 0 Å². The molecule has 0 saturated carbocycles. The molecular weight excluding hydrogens is 414 g/mol. The third kappa shape index (κ3) is 5.56. The highest BCUT2D eigenvalue weighted by molar-refractivity contribution is 7.89. The molecular formula is C20H22ClN3O4S. The maximum absolute atomic E-state index is 12.4. The SMILES string of the molecule is NS(=O)(=O)c1ccc(CCNC(=O)[C@H]2CC(=O)N(Cc3ccccc3Cl)C2)cc1. The van der Waals surface area contributed by atoms with Crippen LogP contribution in [0.15, 0.2) is 53.4 Å². The molecule has 0 spiro atoms. The van der Waals surface area contributed by atoms with Gasteiger partial charge in [-0.3, -0.25) is 9.59 Å². The Hall–Kier alpha value is -2.42. The summed E-state index contributed by atoms with van der Waals surface area (Å²) < 4.78 is 22.5. The summed E-state index contributed by atoms with van der Waals surface area (Å²) in [4.78, 5) is 26.4. The minimum absolute atomic E-state index is 0.0494. The number of benzene rings is 2. The number of carbonyl (C=O) groups is 2. The average molecular weight is 436 g/mol. The predicted octanol–water partition coefficient (Wildman–Crippen LogP) is 1.69. The molecule has 2 amide bonds. The maximum atomic E-state index is 12.4. The second-order valence-corrected chi connectivity index (χ2v) is 8.97. The average Bonchev–Trinajstić information content (AvgIpc) is 3.04. The third-order valence-electron chi connectivity index (χ3n) is 4.87. The normalized spacial score (nSPS) is 16.8. The molecule has 0 bridgehead atoms. The van der Waals surface area contributed by atoms with Crippen LogP contribution in [-0.2, 0) is 32.6 Å². The highest BCUT2D eigenvalue weighted by Gasteiger charge is 2.34. The van der Waals surface area contributed by atoms with Gasteiger partial charge in [0.1, 0.15) is 0 Å². The van der Waals surface area contributed by atoms with E-state index < -0.39 is 15.9 Å². The molecule has 0 unspecified atom stereocenters. The Labute approximate surface area is 174 Å². The van der Waals surface area contributed by atoms with E-state index in [0.29, 0.717) is 31.1 Å². The maximum Gasteiger partial charge on any atom is 0.238 e. The van der Waals surface area contributed by atoms with Gasteiger partial charge >= 0.3 is 0 Å². The third-order valence-corrected chi connectivity index (χ3v) is 6.17. The zero-order valence-electron chi connectivity index (χ0n) is 15.7. The van der Waals surface area contributed by atoms with Crippen LogP contribution in [0, 0.1) is 5.92 Å². The van der Waals surface area contributed by atoms with E-state index in [2.05, 4.69) is 5.32 Å². The zero-order valence-corrected chi connectivity index (χ0v) is 17.2. The van der Waals surface area contributed by atoms with Crippen molar-refractivity contribution in [2.75, 3.05) is 13.1 Å². The largest absolute Gasteiger partial charge is 0.355 e. The van der Waals surface area contributed by atoms with E-state index >= 15 is 0 Å². The fourth-order valence-corrected chi connectivity index (χ4v) is 3.96. The molecule has 1 fully saturated rings. The van der Waals surface area contributed by atoms with Crippen molar-refractivity contribution in [3.8, 4) is 0 Å². The lowest BCUT2D eigenvalue weighted by Crippen LogP contribution is -2.34. The molecule has 0 radical (unpaired) electrons. The summed E-state index contributed by atoms with van der Waals surface area (Å²) in [5.41, 5.74) is 1.73. The highest BCUT2D eigenvalue weighted by Crippen LogP contribution is 2.23. The quantitative estimate of drug-likeness (QED) is 0.689. The van der Waals surface area contributed by atoms with Gasteiger partial charge in [-0.15, -0.1) is 0 Å². The van der Waals surface area contributed by atoms with E-state index in [9.17, 15) is 18.0 Å². The minimum atomic E-state index is -3.72. The summed E-state index contributed by atoms with van der Waals surface area (Å²) in [6.45, 7) is 1.14. The van der Waals surface area contributed by atoms with Crippen molar-refractivity contribution in [1.29, 1.82) is 0 Å². The molecule has 1 aliphatic heterocycles. The number of carbonyl (C=O) groups excluding carboxylic acids is 2. The van der Waals surface area contributed by atoms with Crippen LogP contribution in [0.4, 0.5) is 0 Å². The Morgan fingerprint density at radius 1 is 1.17 bits per heavy atom. The summed E-state index contributed by atoms with van der Waals surface area (Å²) in [5, 5.41) is 8.52. The predicted molar refractivity (Wildman–Crippen MR) is 110 cm³/mol. The first-order valence-corrected chi connectivity index (χ1v) is 11.1. The second-order valence-electron chi connectivity index (χ2n) is 7.00. The van der Waals surface area contributed by atoms with E-state index in [4.69, 9.17) is 16.7 Å². The number of likely N-dealkylation sites (tertiary alicyclic amines) is 1. The van der Waals surface area contributed by atoms with Gasteiger partial charge in [0.05, 0.1) is 10.8 Å². The first-order chi connectivity index (χ1) is 13.7. The lowest BCUT2D eigenvalue weighted by atomic mass is 10.1. The molecule has 9 heteroatoms. The van der Waals surface area contributed by atoms with Crippen molar-refractivity contribution in [2.24, 2.45) is 11.1 Å². The number of amides is 2. The number of hydrogen-bond donors (Lipinski definition) is 2. The Kier molecular flexibility index (Phi) is 6.56. The monoisotopic (exact) mass is 435 g/mol. The van der Waals surface area contributed by atoms with Gasteiger partial charge in [-0.05, 0) is 35.7 Å². The highest BCUT2D eigenvalue weighted by atomic mass is 35.5. The van der Waals surface area contributed by atoms with Gasteiger partial charge in [-0.1, -0.05) is 41.9 Å². The smallest absolute Gasteiger partial charge is 0.238 e. The zero-order chi connectivity index (χ0) is 21.0. The first kappa shape index (κ1) is 21.3. The number of rotatable bonds is 7. The lowest BCUT2D eigenvalue weighted by molar-refractivity contribution is -0.129. The fourth-order valence-electron chi connectivity index (χ4n) is 3.25. The van der Waals surface area contributed by atoms with Crippen LogP contribution in [0.1, 0.15) is 17.5 Å². The van der Waals surface area contributed by atoms with Crippen molar-refractivity contribution >= 4 is 33.4 Å². The van der Waals surface area contributed by atoms with Crippen LogP contribution in [-0.4, -0.2) is 38.2 Å². The second kappa shape index (κ2) is 8.94. The van der Waals surface area contributed by atoms with Gasteiger partial charge in [-0.25, -0.2) is 13.6 Å². The number of primary sulfonamides is 1. The molecule has 1 atom stereocenters. The molecule has 2 aromatic carbocycles. The Morgan fingerprint density at radius 2 is 1.86 bits per heavy atom. The van der Waals surface area contributed by atoms with Crippen LogP contribution in [0.5, 0.6) is 0 Å². The van der Waals surface area contributed by atoms with Crippen molar-refractivity contribution in [2.45, 2.75) is 24.3 Å². The molecule has 1 saturated heterocycles. The number of hydrogen-bond acceptors (Lipinski definition) is 4. The van der Waals surface area contributed by atoms with Gasteiger partial charge in [0.25, 0.3) is 0 Å². The molecule has 3 rings (SSSR count). The summed E-state index contributed by atoms with van der Waals surface area (Å²) in [6.07, 6.45) is 0.722. The van der Waals surface area contributed by atoms with Gasteiger partial charge < -0.3 is 10.2 Å². The molecule has 1 heterocycles. The van der Waals surface area contributed by atoms with Crippen LogP contribution in [0.25, 0.3) is 0 Å². The van der Waals surface area contributed by atoms with Gasteiger partial charge in [0.2, 0.25) is 21.8 Å². The summed E-state index contributed by atoms with van der Waals surface area (Å²) >= 11 is 6.15. The van der Waals surface area contributed by atoms with E-state index in [-0.39, 0.29) is 23.1 Å². The molecule has 3 N–H and O–H groups in total. The molecule has 154 valence electrons. The van der Waals surface area contributed by atoms with Crippen molar-refractivity contribution in [1.82, 2.24) is 10.2 Å². The molecule has 29 heavy (non-hydrogen) atoms. The van der Waals surface area contributed by atoms with Crippen LogP contribution < -0.4 is 10.5 Å². The van der Waals surface area contributed by atoms with Crippen molar-refractivity contribution in [3.63, 3.8) is 0 Å².